The van der Waals surface area contributed by atoms with Gasteiger partial charge in [0.2, 0.25) is 0 Å². The van der Waals surface area contributed by atoms with Gasteiger partial charge in [0.1, 0.15) is 0 Å². The van der Waals surface area contributed by atoms with E-state index in [-0.39, 0.29) is 5.91 Å². The van der Waals surface area contributed by atoms with Crippen LogP contribution >= 0.6 is 0 Å². The lowest BCUT2D eigenvalue weighted by Crippen LogP contribution is -2.25. The van der Waals surface area contributed by atoms with E-state index < -0.39 is 0 Å². The number of rotatable bonds is 9. The van der Waals surface area contributed by atoms with E-state index in [2.05, 4.69) is 52.1 Å². The Morgan fingerprint density at radius 2 is 1.78 bits per heavy atom. The number of hydrogen-bond donors (Lipinski definition) is 2. The second-order valence-corrected chi connectivity index (χ2v) is 10.3. The summed E-state index contributed by atoms with van der Waals surface area (Å²) >= 11 is 0. The molecule has 4 nitrogen and oxygen atoms in total. The quantitative estimate of drug-likeness (QED) is 0.190. The first-order chi connectivity index (χ1) is 18.1. The molecule has 1 aromatic heterocycles. The highest BCUT2D eigenvalue weighted by molar-refractivity contribution is 5.94. The molecule has 0 radical (unpaired) electrons. The predicted molar refractivity (Wildman–Crippen MR) is 152 cm³/mol. The first-order valence-corrected chi connectivity index (χ1v) is 13.8. The molecule has 1 aliphatic rings. The normalized spacial score (nSPS) is 13.9. The molecule has 37 heavy (non-hydrogen) atoms. The van der Waals surface area contributed by atoms with Crippen molar-refractivity contribution in [3.63, 3.8) is 0 Å². The van der Waals surface area contributed by atoms with Crippen molar-refractivity contribution >= 4 is 11.5 Å². The first-order valence-electron chi connectivity index (χ1n) is 13.8. The van der Waals surface area contributed by atoms with Gasteiger partial charge < -0.3 is 5.32 Å². The zero-order chi connectivity index (χ0) is 25.9. The summed E-state index contributed by atoms with van der Waals surface area (Å²) < 4.78 is 0. The van der Waals surface area contributed by atoms with Gasteiger partial charge in [-0.05, 0) is 79.5 Å². The van der Waals surface area contributed by atoms with Gasteiger partial charge in [-0.1, -0.05) is 80.7 Å². The number of aryl methyl sites for hydroxylation is 2. The van der Waals surface area contributed by atoms with Gasteiger partial charge in [0.25, 0.3) is 5.91 Å². The van der Waals surface area contributed by atoms with Crippen molar-refractivity contribution in [3.05, 3.63) is 94.8 Å². The second-order valence-electron chi connectivity index (χ2n) is 10.3. The Hall–Kier alpha value is -3.58. The summed E-state index contributed by atoms with van der Waals surface area (Å²) in [6.07, 6.45) is 15.8. The summed E-state index contributed by atoms with van der Waals surface area (Å²) in [4.78, 5) is 12.9. The number of nitrogens with one attached hydrogen (secondary N) is 2. The molecule has 0 unspecified atom stereocenters. The number of amides is 1. The van der Waals surface area contributed by atoms with Crippen molar-refractivity contribution in [1.29, 1.82) is 0 Å². The van der Waals surface area contributed by atoms with Gasteiger partial charge in [0, 0.05) is 29.4 Å². The van der Waals surface area contributed by atoms with Gasteiger partial charge in [0.05, 0.1) is 6.20 Å². The number of H-pyrrole nitrogens is 1. The molecule has 1 aliphatic carbocycles. The molecule has 1 heterocycles. The van der Waals surface area contributed by atoms with Crippen LogP contribution in [0.2, 0.25) is 0 Å². The second kappa shape index (κ2) is 13.7. The minimum Gasteiger partial charge on any atom is -0.352 e. The number of aromatic nitrogens is 2. The van der Waals surface area contributed by atoms with E-state index in [1.807, 2.05) is 43.6 Å². The highest BCUT2D eigenvalue weighted by Crippen LogP contribution is 2.27. The number of aromatic amines is 1. The van der Waals surface area contributed by atoms with Crippen LogP contribution in [-0.2, 0) is 12.8 Å². The van der Waals surface area contributed by atoms with Crippen LogP contribution in [-0.4, -0.2) is 22.6 Å². The van der Waals surface area contributed by atoms with Gasteiger partial charge in [-0.2, -0.15) is 5.10 Å². The fourth-order valence-corrected chi connectivity index (χ4v) is 5.05. The Bertz CT molecular complexity index is 1220. The smallest absolute Gasteiger partial charge is 0.251 e. The fourth-order valence-electron chi connectivity index (χ4n) is 5.05. The Labute approximate surface area is 222 Å². The third-order valence-corrected chi connectivity index (χ3v) is 7.37. The van der Waals surface area contributed by atoms with Crippen molar-refractivity contribution in [2.75, 3.05) is 6.54 Å². The molecule has 1 saturated carbocycles. The number of nitrogens with zero attached hydrogens (tertiary/aromatic N) is 1. The SMILES string of the molecule is C=C(C)c1ccc(C#Cc2cc(C(=O)NCCCc3cn[nH]c3)ccc2CCC2CCCCCC2)cc1. The Morgan fingerprint density at radius 3 is 2.49 bits per heavy atom. The summed E-state index contributed by atoms with van der Waals surface area (Å²) in [5, 5.41) is 9.86. The van der Waals surface area contributed by atoms with Crippen LogP contribution in [0.4, 0.5) is 0 Å². The van der Waals surface area contributed by atoms with Crippen molar-refractivity contribution in [1.82, 2.24) is 15.5 Å². The van der Waals surface area contributed by atoms with Crippen LogP contribution in [0.25, 0.3) is 5.57 Å². The Morgan fingerprint density at radius 1 is 1.03 bits per heavy atom. The first kappa shape index (κ1) is 26.5. The topological polar surface area (TPSA) is 57.8 Å². The highest BCUT2D eigenvalue weighted by atomic mass is 16.1. The third-order valence-electron chi connectivity index (χ3n) is 7.37. The molecule has 1 amide bonds. The maximum atomic E-state index is 12.9. The molecule has 0 spiro atoms. The Balaban J connectivity index is 1.46. The van der Waals surface area contributed by atoms with Crippen LogP contribution in [0.5, 0.6) is 0 Å². The van der Waals surface area contributed by atoms with E-state index in [0.717, 1.165) is 53.0 Å². The molecule has 2 N–H and O–H groups in total. The molecular formula is C33H39N3O. The zero-order valence-electron chi connectivity index (χ0n) is 22.1. The summed E-state index contributed by atoms with van der Waals surface area (Å²) in [5.74, 6) is 7.48. The van der Waals surface area contributed by atoms with E-state index in [1.165, 1.54) is 50.5 Å². The molecule has 1 fully saturated rings. The van der Waals surface area contributed by atoms with Crippen molar-refractivity contribution in [2.24, 2.45) is 5.92 Å². The molecule has 3 aromatic rings. The maximum absolute atomic E-state index is 12.9. The monoisotopic (exact) mass is 493 g/mol. The third kappa shape index (κ3) is 8.22. The molecule has 4 heteroatoms. The van der Waals surface area contributed by atoms with E-state index >= 15 is 0 Å². The van der Waals surface area contributed by atoms with E-state index in [4.69, 9.17) is 0 Å². The van der Waals surface area contributed by atoms with Crippen LogP contribution < -0.4 is 5.32 Å². The summed E-state index contributed by atoms with van der Waals surface area (Å²) in [6.45, 7) is 6.65. The number of carbonyl (C=O) groups is 1. The molecule has 0 atom stereocenters. The van der Waals surface area contributed by atoms with Crippen LogP contribution in [0, 0.1) is 17.8 Å². The van der Waals surface area contributed by atoms with Crippen LogP contribution in [0.1, 0.15) is 96.5 Å². The van der Waals surface area contributed by atoms with Crippen molar-refractivity contribution in [2.45, 2.75) is 71.1 Å². The lowest BCUT2D eigenvalue weighted by atomic mass is 9.91. The predicted octanol–water partition coefficient (Wildman–Crippen LogP) is 7.11. The number of carbonyl (C=O) groups excluding carboxylic acids is 1. The zero-order valence-corrected chi connectivity index (χ0v) is 22.1. The highest BCUT2D eigenvalue weighted by Gasteiger charge is 2.14. The van der Waals surface area contributed by atoms with Gasteiger partial charge in [0.15, 0.2) is 0 Å². The Kier molecular flexibility index (Phi) is 9.77. The minimum absolute atomic E-state index is 0.0450. The lowest BCUT2D eigenvalue weighted by molar-refractivity contribution is 0.0953. The van der Waals surface area contributed by atoms with E-state index in [9.17, 15) is 4.79 Å². The average Bonchev–Trinajstić information content (AvgIpc) is 3.30. The van der Waals surface area contributed by atoms with Gasteiger partial charge in [-0.15, -0.1) is 0 Å². The van der Waals surface area contributed by atoms with Crippen LogP contribution in [0.15, 0.2) is 61.4 Å². The van der Waals surface area contributed by atoms with E-state index in [0.29, 0.717) is 12.1 Å². The fraction of sp³-hybridized carbons (Fsp3) is 0.394. The molecule has 0 saturated heterocycles. The largest absolute Gasteiger partial charge is 0.352 e. The average molecular weight is 494 g/mol. The molecule has 4 rings (SSSR count). The maximum Gasteiger partial charge on any atom is 0.251 e. The molecular weight excluding hydrogens is 454 g/mol. The van der Waals surface area contributed by atoms with Crippen molar-refractivity contribution in [3.8, 4) is 11.8 Å². The molecule has 192 valence electrons. The molecule has 2 aromatic carbocycles. The van der Waals surface area contributed by atoms with Crippen LogP contribution in [0.3, 0.4) is 0 Å². The number of allylic oxidation sites excluding steroid dienone is 1. The summed E-state index contributed by atoms with van der Waals surface area (Å²) in [7, 11) is 0. The van der Waals surface area contributed by atoms with Gasteiger partial charge in [-0.3, -0.25) is 9.89 Å². The lowest BCUT2D eigenvalue weighted by Gasteiger charge is -2.15. The minimum atomic E-state index is -0.0450. The number of benzene rings is 2. The molecule has 0 aliphatic heterocycles. The van der Waals surface area contributed by atoms with Gasteiger partial charge in [-0.25, -0.2) is 0 Å². The van der Waals surface area contributed by atoms with Gasteiger partial charge >= 0.3 is 0 Å². The number of hydrogen-bond acceptors (Lipinski definition) is 2. The van der Waals surface area contributed by atoms with E-state index in [1.54, 1.807) is 0 Å². The molecule has 0 bridgehead atoms. The standard InChI is InChI=1S/C33H39N3O/c1-25(2)29-15-11-27(12-16-29)14-18-31-22-32(33(37)34-21-7-10-28-23-35-36-24-28)20-19-30(31)17-13-26-8-5-3-4-6-9-26/h11-12,15-16,19-20,22-24,26H,1,3-10,13,17,21H2,2H3,(H,34,37)(H,35,36). The van der Waals surface area contributed by atoms with Crippen molar-refractivity contribution < 1.29 is 4.79 Å². The summed E-state index contributed by atoms with van der Waals surface area (Å²) in [5.41, 5.74) is 7.17. The summed E-state index contributed by atoms with van der Waals surface area (Å²) in [6, 6.07) is 14.3.